The molecule has 1 aliphatic heterocycles. The molecular weight excluding hydrogens is 419 g/mol. The number of rotatable bonds is 8. The molecule has 33 heavy (non-hydrogen) atoms. The molecule has 0 bridgehead atoms. The highest BCUT2D eigenvalue weighted by atomic mass is 19.1. The van der Waals surface area contributed by atoms with Crippen molar-refractivity contribution in [2.24, 2.45) is 5.92 Å². The van der Waals surface area contributed by atoms with E-state index in [2.05, 4.69) is 27.1 Å². The SMILES string of the molecule is CCCOc1ccc(CNC(=O)C2CCCN(c3ccnc(-c4ccc(F)cc4)n3)C2)cc1. The van der Waals surface area contributed by atoms with Gasteiger partial charge in [-0.1, -0.05) is 19.1 Å². The van der Waals surface area contributed by atoms with Crippen LogP contribution < -0.4 is 15.0 Å². The Morgan fingerprint density at radius 2 is 1.94 bits per heavy atom. The van der Waals surface area contributed by atoms with E-state index in [9.17, 15) is 9.18 Å². The number of nitrogens with zero attached hydrogens (tertiary/aromatic N) is 3. The Bertz CT molecular complexity index is 1060. The zero-order valence-electron chi connectivity index (χ0n) is 18.8. The molecule has 1 saturated heterocycles. The summed E-state index contributed by atoms with van der Waals surface area (Å²) < 4.78 is 18.8. The summed E-state index contributed by atoms with van der Waals surface area (Å²) in [5, 5.41) is 3.07. The predicted molar refractivity (Wildman–Crippen MR) is 126 cm³/mol. The van der Waals surface area contributed by atoms with Crippen LogP contribution in [0.5, 0.6) is 5.75 Å². The quantitative estimate of drug-likeness (QED) is 0.545. The molecule has 1 aromatic heterocycles. The van der Waals surface area contributed by atoms with Crippen LogP contribution in [0.15, 0.2) is 60.8 Å². The Morgan fingerprint density at radius 1 is 1.15 bits per heavy atom. The van der Waals surface area contributed by atoms with Gasteiger partial charge in [0.2, 0.25) is 5.91 Å². The fourth-order valence-corrected chi connectivity index (χ4v) is 3.92. The Morgan fingerprint density at radius 3 is 2.70 bits per heavy atom. The molecule has 1 N–H and O–H groups in total. The van der Waals surface area contributed by atoms with Crippen LogP contribution in [-0.4, -0.2) is 35.6 Å². The summed E-state index contributed by atoms with van der Waals surface area (Å²) in [6.07, 6.45) is 4.44. The molecule has 1 aliphatic rings. The van der Waals surface area contributed by atoms with Crippen LogP contribution in [-0.2, 0) is 11.3 Å². The van der Waals surface area contributed by atoms with E-state index >= 15 is 0 Å². The number of piperidine rings is 1. The van der Waals surface area contributed by atoms with E-state index < -0.39 is 0 Å². The summed E-state index contributed by atoms with van der Waals surface area (Å²) in [6.45, 7) is 4.71. The predicted octanol–water partition coefficient (Wildman–Crippen LogP) is 4.60. The fourth-order valence-electron chi connectivity index (χ4n) is 3.92. The standard InChI is InChI=1S/C26H29FN4O2/c1-2-16-33-23-11-5-19(6-12-23)17-29-26(32)21-4-3-15-31(18-21)24-13-14-28-25(30-24)20-7-9-22(27)10-8-20/h5-14,21H,2-4,15-18H2,1H3,(H,29,32). The van der Waals surface area contributed by atoms with Crippen LogP contribution in [0, 0.1) is 11.7 Å². The average molecular weight is 449 g/mol. The Hall–Kier alpha value is -3.48. The molecule has 0 radical (unpaired) electrons. The van der Waals surface area contributed by atoms with Crippen LogP contribution in [0.25, 0.3) is 11.4 Å². The topological polar surface area (TPSA) is 67.3 Å². The molecule has 7 heteroatoms. The van der Waals surface area contributed by atoms with E-state index in [1.165, 1.54) is 12.1 Å². The number of ether oxygens (including phenoxy) is 1. The lowest BCUT2D eigenvalue weighted by Crippen LogP contribution is -2.43. The third-order valence-corrected chi connectivity index (χ3v) is 5.72. The molecule has 1 fully saturated rings. The van der Waals surface area contributed by atoms with E-state index in [4.69, 9.17) is 4.74 Å². The Balaban J connectivity index is 1.35. The van der Waals surface area contributed by atoms with E-state index in [-0.39, 0.29) is 17.6 Å². The first-order valence-corrected chi connectivity index (χ1v) is 11.5. The number of nitrogens with one attached hydrogen (secondary N) is 1. The Labute approximate surface area is 193 Å². The number of halogens is 1. The minimum Gasteiger partial charge on any atom is -0.494 e. The van der Waals surface area contributed by atoms with Crippen molar-refractivity contribution in [2.45, 2.75) is 32.7 Å². The van der Waals surface area contributed by atoms with Gasteiger partial charge in [0, 0.05) is 31.4 Å². The average Bonchev–Trinajstić information content (AvgIpc) is 2.87. The van der Waals surface area contributed by atoms with Gasteiger partial charge in [0.15, 0.2) is 5.82 Å². The zero-order chi connectivity index (χ0) is 23.0. The maximum absolute atomic E-state index is 13.2. The van der Waals surface area contributed by atoms with Gasteiger partial charge in [-0.05, 0) is 67.3 Å². The molecule has 3 aromatic rings. The number of aromatic nitrogens is 2. The highest BCUT2D eigenvalue weighted by Crippen LogP contribution is 2.24. The van der Waals surface area contributed by atoms with Gasteiger partial charge in [-0.25, -0.2) is 14.4 Å². The monoisotopic (exact) mass is 448 g/mol. The van der Waals surface area contributed by atoms with Crippen molar-refractivity contribution < 1.29 is 13.9 Å². The van der Waals surface area contributed by atoms with Gasteiger partial charge in [0.25, 0.3) is 0 Å². The van der Waals surface area contributed by atoms with Gasteiger partial charge in [-0.2, -0.15) is 0 Å². The number of hydrogen-bond acceptors (Lipinski definition) is 5. The summed E-state index contributed by atoms with van der Waals surface area (Å²) in [6, 6.07) is 15.8. The lowest BCUT2D eigenvalue weighted by molar-refractivity contribution is -0.125. The summed E-state index contributed by atoms with van der Waals surface area (Å²) in [7, 11) is 0. The molecule has 172 valence electrons. The Kier molecular flexibility index (Phi) is 7.50. The highest BCUT2D eigenvalue weighted by molar-refractivity contribution is 5.79. The van der Waals surface area contributed by atoms with Crippen LogP contribution >= 0.6 is 0 Å². The second-order valence-corrected chi connectivity index (χ2v) is 8.24. The molecule has 0 aliphatic carbocycles. The van der Waals surface area contributed by atoms with Gasteiger partial charge in [0.1, 0.15) is 17.4 Å². The number of carbonyl (C=O) groups excluding carboxylic acids is 1. The van der Waals surface area contributed by atoms with Crippen LogP contribution in [0.2, 0.25) is 0 Å². The summed E-state index contributed by atoms with van der Waals surface area (Å²) >= 11 is 0. The number of amides is 1. The normalized spacial score (nSPS) is 15.8. The summed E-state index contributed by atoms with van der Waals surface area (Å²) in [5.74, 6) is 1.84. The van der Waals surface area contributed by atoms with Gasteiger partial charge in [-0.15, -0.1) is 0 Å². The maximum Gasteiger partial charge on any atom is 0.225 e. The highest BCUT2D eigenvalue weighted by Gasteiger charge is 2.26. The van der Waals surface area contributed by atoms with E-state index in [1.807, 2.05) is 30.3 Å². The van der Waals surface area contributed by atoms with Crippen molar-refractivity contribution in [1.82, 2.24) is 15.3 Å². The van der Waals surface area contributed by atoms with Gasteiger partial charge in [-0.3, -0.25) is 4.79 Å². The summed E-state index contributed by atoms with van der Waals surface area (Å²) in [5.41, 5.74) is 1.80. The van der Waals surface area contributed by atoms with Crippen molar-refractivity contribution in [2.75, 3.05) is 24.6 Å². The minimum absolute atomic E-state index is 0.0545. The minimum atomic E-state index is -0.291. The van der Waals surface area contributed by atoms with Crippen LogP contribution in [0.1, 0.15) is 31.7 Å². The molecule has 1 unspecified atom stereocenters. The lowest BCUT2D eigenvalue weighted by Gasteiger charge is -2.33. The first-order chi connectivity index (χ1) is 16.1. The molecule has 2 heterocycles. The van der Waals surface area contributed by atoms with Gasteiger partial charge in [0.05, 0.1) is 12.5 Å². The van der Waals surface area contributed by atoms with Gasteiger partial charge < -0.3 is 15.0 Å². The first kappa shape index (κ1) is 22.7. The lowest BCUT2D eigenvalue weighted by atomic mass is 9.97. The molecular formula is C26H29FN4O2. The third kappa shape index (κ3) is 6.06. The molecule has 1 atom stereocenters. The molecule has 0 saturated carbocycles. The van der Waals surface area contributed by atoms with E-state index in [0.29, 0.717) is 25.5 Å². The maximum atomic E-state index is 13.2. The first-order valence-electron chi connectivity index (χ1n) is 11.5. The second-order valence-electron chi connectivity index (χ2n) is 8.24. The van der Waals surface area contributed by atoms with Gasteiger partial charge >= 0.3 is 0 Å². The number of anilines is 1. The molecule has 6 nitrogen and oxygen atoms in total. The van der Waals surface area contributed by atoms with Crippen molar-refractivity contribution in [3.63, 3.8) is 0 Å². The summed E-state index contributed by atoms with van der Waals surface area (Å²) in [4.78, 5) is 24.0. The largest absolute Gasteiger partial charge is 0.494 e. The van der Waals surface area contributed by atoms with Crippen molar-refractivity contribution in [1.29, 1.82) is 0 Å². The fraction of sp³-hybridized carbons (Fsp3) is 0.346. The second kappa shape index (κ2) is 10.9. The molecule has 4 rings (SSSR count). The molecule has 0 spiro atoms. The number of hydrogen-bond donors (Lipinski definition) is 1. The van der Waals surface area contributed by atoms with Crippen molar-refractivity contribution in [3.05, 3.63) is 72.2 Å². The third-order valence-electron chi connectivity index (χ3n) is 5.72. The number of carbonyl (C=O) groups is 1. The van der Waals surface area contributed by atoms with E-state index in [0.717, 1.165) is 48.5 Å². The molecule has 1 amide bonds. The van der Waals surface area contributed by atoms with E-state index in [1.54, 1.807) is 18.3 Å². The van der Waals surface area contributed by atoms with Crippen molar-refractivity contribution in [3.8, 4) is 17.1 Å². The van der Waals surface area contributed by atoms with Crippen LogP contribution in [0.3, 0.4) is 0 Å². The van der Waals surface area contributed by atoms with Crippen LogP contribution in [0.4, 0.5) is 10.2 Å². The molecule has 2 aromatic carbocycles. The zero-order valence-corrected chi connectivity index (χ0v) is 18.8. The van der Waals surface area contributed by atoms with Crippen molar-refractivity contribution >= 4 is 11.7 Å². The number of benzene rings is 2. The smallest absolute Gasteiger partial charge is 0.225 e.